The summed E-state index contributed by atoms with van der Waals surface area (Å²) in [6.45, 7) is 5.87. The third-order valence-corrected chi connectivity index (χ3v) is 14.7. The molecule has 0 radical (unpaired) electrons. The number of nitrogens with zero attached hydrogens (tertiary/aromatic N) is 5. The second-order valence-electron chi connectivity index (χ2n) is 17.7. The number of carbonyl (C=O) groups is 4. The van der Waals surface area contributed by atoms with Gasteiger partial charge in [0.05, 0.1) is 29.3 Å². The molecule has 6 rings (SSSR count). The van der Waals surface area contributed by atoms with Crippen LogP contribution < -0.4 is 24.4 Å². The van der Waals surface area contributed by atoms with Crippen molar-refractivity contribution >= 4 is 50.7 Å². The highest BCUT2D eigenvalue weighted by molar-refractivity contribution is 7.91. The van der Waals surface area contributed by atoms with E-state index in [9.17, 15) is 41.1 Å². The third-order valence-electron chi connectivity index (χ3n) is 12.5. The zero-order valence-electron chi connectivity index (χ0n) is 35.0. The number of fused-ring (bicyclic) bond motifs is 3. The monoisotopic (exact) mass is 865 g/mol. The molecule has 1 aromatic heterocycles. The molecule has 2 aliphatic heterocycles. The number of carbonyl (C=O) groups excluding carboxylic acids is 3. The van der Waals surface area contributed by atoms with Crippen molar-refractivity contribution in [3.63, 3.8) is 0 Å². The Bertz CT molecular complexity index is 2180. The normalized spacial score (nSPS) is 28.4. The molecular formula is C40H54F3N7O9S. The van der Waals surface area contributed by atoms with Gasteiger partial charge >= 0.3 is 12.3 Å². The first-order valence-electron chi connectivity index (χ1n) is 20.0. The number of aromatic nitrogens is 2. The Morgan fingerprint density at radius 1 is 1.10 bits per heavy atom. The first kappa shape index (κ1) is 44.7. The number of rotatable bonds is 9. The van der Waals surface area contributed by atoms with E-state index in [-0.39, 0.29) is 48.5 Å². The molecule has 1 aromatic carbocycles. The first-order valence-corrected chi connectivity index (χ1v) is 21.5. The number of alkyl halides is 3. The van der Waals surface area contributed by atoms with Crippen LogP contribution in [0.2, 0.25) is 0 Å². The van der Waals surface area contributed by atoms with Gasteiger partial charge in [-0.3, -0.25) is 24.0 Å². The van der Waals surface area contributed by atoms with Crippen molar-refractivity contribution < 1.29 is 55.3 Å². The van der Waals surface area contributed by atoms with Crippen LogP contribution in [0, 0.1) is 17.8 Å². The molecule has 3 N–H and O–H groups in total. The third kappa shape index (κ3) is 8.39. The van der Waals surface area contributed by atoms with E-state index in [1.54, 1.807) is 49.3 Å². The standard InChI is InChI=1S/C40H54F3N7O9S/c1-22-11-9-10-12-24-20-39(24,34(53)47-60(56,57)38(5)15-16-38)46-31(51)29-19-26(59-32-27-14-13-25(58-8)18-28(27)44-35(45-32)48(6)7)21-49(29)33(52)30(23(2)17-22)50(36(54)55)37(3,4)40(41,42)43/h10,12-14,18,22-24,26,29-30H,9,11,15-17,19-21H2,1-8H3,(H,46,51)(H,47,53)(H,54,55)/t22-,23-,24-,26-,29+,30+,39-/m1/s1. The second-order valence-corrected chi connectivity index (χ2v) is 19.9. The molecule has 7 atom stereocenters. The molecule has 0 spiro atoms. The predicted octanol–water partition coefficient (Wildman–Crippen LogP) is 4.63. The molecule has 4 aliphatic rings. The Morgan fingerprint density at radius 3 is 2.38 bits per heavy atom. The van der Waals surface area contributed by atoms with Crippen molar-refractivity contribution in [3.8, 4) is 11.6 Å². The molecule has 3 fully saturated rings. The van der Waals surface area contributed by atoms with E-state index in [4.69, 9.17) is 9.47 Å². The number of halogens is 3. The van der Waals surface area contributed by atoms with Crippen LogP contribution in [0.4, 0.5) is 23.9 Å². The maximum atomic E-state index is 15.1. The second kappa shape index (κ2) is 15.9. The van der Waals surface area contributed by atoms with E-state index in [1.807, 2.05) is 6.92 Å². The Labute approximate surface area is 347 Å². The number of allylic oxidation sites excluding steroid dienone is 1. The molecule has 1 saturated heterocycles. The van der Waals surface area contributed by atoms with E-state index in [1.165, 1.54) is 21.0 Å². The Balaban J connectivity index is 1.45. The summed E-state index contributed by atoms with van der Waals surface area (Å²) in [5.41, 5.74) is -4.34. The Hall–Kier alpha value is -4.88. The van der Waals surface area contributed by atoms with E-state index < -0.39 is 85.9 Å². The number of nitrogens with one attached hydrogen (secondary N) is 2. The number of hydrogen-bond acceptors (Lipinski definition) is 11. The van der Waals surface area contributed by atoms with Crippen LogP contribution in [-0.2, 0) is 24.4 Å². The van der Waals surface area contributed by atoms with Gasteiger partial charge in [-0.05, 0) is 83.3 Å². The van der Waals surface area contributed by atoms with Gasteiger partial charge in [-0.25, -0.2) is 18.2 Å². The maximum absolute atomic E-state index is 15.1. The molecule has 2 saturated carbocycles. The minimum atomic E-state index is -5.11. The average molecular weight is 866 g/mol. The van der Waals surface area contributed by atoms with Crippen LogP contribution in [0.25, 0.3) is 10.9 Å². The summed E-state index contributed by atoms with van der Waals surface area (Å²) in [6.07, 6.45) is -2.98. The van der Waals surface area contributed by atoms with E-state index >= 15 is 4.79 Å². The van der Waals surface area contributed by atoms with Gasteiger partial charge in [-0.2, -0.15) is 18.2 Å². The van der Waals surface area contributed by atoms with Gasteiger partial charge in [0.1, 0.15) is 35.0 Å². The van der Waals surface area contributed by atoms with Crippen molar-refractivity contribution in [1.82, 2.24) is 29.8 Å². The topological polar surface area (TPSA) is 201 Å². The molecule has 2 aromatic rings. The largest absolute Gasteiger partial charge is 0.497 e. The number of hydrogen-bond donors (Lipinski definition) is 3. The van der Waals surface area contributed by atoms with Crippen molar-refractivity contribution in [3.05, 3.63) is 30.4 Å². The summed E-state index contributed by atoms with van der Waals surface area (Å²) < 4.78 is 83.6. The number of methoxy groups -OCH3 is 1. The summed E-state index contributed by atoms with van der Waals surface area (Å²) in [4.78, 5) is 68.6. The highest BCUT2D eigenvalue weighted by Gasteiger charge is 2.64. The summed E-state index contributed by atoms with van der Waals surface area (Å²) in [7, 11) is 0.779. The lowest BCUT2D eigenvalue weighted by atomic mass is 9.85. The smallest absolute Gasteiger partial charge is 0.411 e. The molecule has 16 nitrogen and oxygen atoms in total. The van der Waals surface area contributed by atoms with Crippen LogP contribution in [0.1, 0.15) is 79.6 Å². The molecular weight excluding hydrogens is 812 g/mol. The zero-order valence-corrected chi connectivity index (χ0v) is 35.8. The molecule has 330 valence electrons. The van der Waals surface area contributed by atoms with E-state index in [0.717, 1.165) is 4.90 Å². The lowest BCUT2D eigenvalue weighted by Crippen LogP contribution is -2.66. The molecule has 0 unspecified atom stereocenters. The first-order chi connectivity index (χ1) is 27.9. The molecule has 20 heteroatoms. The van der Waals surface area contributed by atoms with Gasteiger partial charge in [0, 0.05) is 32.5 Å². The van der Waals surface area contributed by atoms with Crippen molar-refractivity contribution in [2.24, 2.45) is 17.8 Å². The maximum Gasteiger partial charge on any atom is 0.411 e. The summed E-state index contributed by atoms with van der Waals surface area (Å²) in [6, 6.07) is 1.57. The molecule has 3 heterocycles. The molecule has 4 amide bonds. The fraction of sp³-hybridized carbons (Fsp3) is 0.650. The van der Waals surface area contributed by atoms with Gasteiger partial charge in [-0.15, -0.1) is 0 Å². The number of anilines is 1. The van der Waals surface area contributed by atoms with Crippen LogP contribution in [0.3, 0.4) is 0 Å². The highest BCUT2D eigenvalue weighted by Crippen LogP contribution is 2.48. The fourth-order valence-electron chi connectivity index (χ4n) is 8.23. The molecule has 60 heavy (non-hydrogen) atoms. The van der Waals surface area contributed by atoms with Crippen LogP contribution >= 0.6 is 0 Å². The zero-order chi connectivity index (χ0) is 44.3. The number of ether oxygens (including phenoxy) is 2. The fourth-order valence-corrected chi connectivity index (χ4v) is 9.54. The van der Waals surface area contributed by atoms with E-state index in [2.05, 4.69) is 20.0 Å². The minimum Gasteiger partial charge on any atom is -0.497 e. The molecule has 0 bridgehead atoms. The summed E-state index contributed by atoms with van der Waals surface area (Å²) in [5.74, 6) is -3.88. The quantitative estimate of drug-likeness (QED) is 0.296. The van der Waals surface area contributed by atoms with Crippen molar-refractivity contribution in [2.75, 3.05) is 32.6 Å². The van der Waals surface area contributed by atoms with Gasteiger partial charge in [0.15, 0.2) is 0 Å². The number of amides is 4. The average Bonchev–Trinajstić information content (AvgIpc) is 4.03. The van der Waals surface area contributed by atoms with E-state index in [0.29, 0.717) is 56.2 Å². The lowest BCUT2D eigenvalue weighted by Gasteiger charge is -2.45. The molecule has 2 aliphatic carbocycles. The number of sulfonamides is 1. The Morgan fingerprint density at radius 2 is 1.78 bits per heavy atom. The highest BCUT2D eigenvalue weighted by atomic mass is 32.2. The van der Waals surface area contributed by atoms with Crippen LogP contribution in [-0.4, -0.2) is 125 Å². The predicted molar refractivity (Wildman–Crippen MR) is 214 cm³/mol. The number of carboxylic acid groups (broad SMARTS) is 1. The van der Waals surface area contributed by atoms with Crippen LogP contribution in [0.5, 0.6) is 11.6 Å². The van der Waals surface area contributed by atoms with Crippen LogP contribution in [0.15, 0.2) is 30.4 Å². The summed E-state index contributed by atoms with van der Waals surface area (Å²) >= 11 is 0. The van der Waals surface area contributed by atoms with Gasteiger partial charge in [0.2, 0.25) is 33.7 Å². The van der Waals surface area contributed by atoms with Crippen molar-refractivity contribution in [2.45, 2.75) is 120 Å². The lowest BCUT2D eigenvalue weighted by molar-refractivity contribution is -0.222. The van der Waals surface area contributed by atoms with Gasteiger partial charge in [-0.1, -0.05) is 26.0 Å². The van der Waals surface area contributed by atoms with Gasteiger partial charge in [0.25, 0.3) is 5.91 Å². The van der Waals surface area contributed by atoms with Gasteiger partial charge < -0.3 is 29.7 Å². The number of benzene rings is 1. The Kier molecular flexibility index (Phi) is 11.8. The SMILES string of the molecule is COc1ccc2c(O[C@@H]3C[C@H]4C(=O)N[C@]5(C(=O)NS(=O)(=O)C6(C)CC6)C[C@H]5C=CCC[C@@H](C)C[C@@H](C)[C@H](N(C(=O)O)C(C)(C)C(F)(F)F)C(=O)N4C3)nc(N(C)C)nc2c1. The summed E-state index contributed by atoms with van der Waals surface area (Å²) in [5, 5.41) is 13.7. The minimum absolute atomic E-state index is 0.0411. The van der Waals surface area contributed by atoms with Crippen molar-refractivity contribution in [1.29, 1.82) is 0 Å².